The highest BCUT2D eigenvalue weighted by molar-refractivity contribution is 6.31. The van der Waals surface area contributed by atoms with E-state index < -0.39 is 0 Å². The second-order valence-corrected chi connectivity index (χ2v) is 3.65. The van der Waals surface area contributed by atoms with Crippen LogP contribution in [0.1, 0.15) is 16.1 Å². The van der Waals surface area contributed by atoms with E-state index in [1.54, 1.807) is 0 Å². The number of hydrogen-bond donors (Lipinski definition) is 1. The topological polar surface area (TPSA) is 45.8 Å². The van der Waals surface area contributed by atoms with Crippen molar-refractivity contribution in [3.63, 3.8) is 0 Å². The Morgan fingerprint density at radius 1 is 1.33 bits per heavy atom. The predicted octanol–water partition coefficient (Wildman–Crippen LogP) is 2.85. The zero-order valence-electron chi connectivity index (χ0n) is 8.12. The van der Waals surface area contributed by atoms with E-state index in [0.29, 0.717) is 12.1 Å². The van der Waals surface area contributed by atoms with Crippen molar-refractivity contribution in [2.45, 2.75) is 6.92 Å². The Morgan fingerprint density at radius 3 is 2.53 bits per heavy atom. The molecule has 0 aliphatic rings. The van der Waals surface area contributed by atoms with Gasteiger partial charge in [-0.2, -0.15) is 0 Å². The zero-order chi connectivity index (χ0) is 10.8. The monoisotopic (exact) mass is 220 g/mol. The van der Waals surface area contributed by atoms with E-state index in [1.807, 2.05) is 31.2 Å². The fraction of sp³-hybridized carbons (Fsp3) is 0.0909. The lowest BCUT2D eigenvalue weighted by Gasteiger charge is -1.96. The first-order valence-corrected chi connectivity index (χ1v) is 4.86. The van der Waals surface area contributed by atoms with Gasteiger partial charge in [0.1, 0.15) is 16.7 Å². The summed E-state index contributed by atoms with van der Waals surface area (Å²) in [5, 5.41) is 0.278. The van der Waals surface area contributed by atoms with E-state index in [1.165, 1.54) is 5.56 Å². The Balaban J connectivity index is 2.45. The summed E-state index contributed by atoms with van der Waals surface area (Å²) >= 11 is 5.78. The van der Waals surface area contributed by atoms with Gasteiger partial charge in [0, 0.05) is 5.56 Å². The van der Waals surface area contributed by atoms with Crippen LogP contribution < -0.4 is 0 Å². The second kappa shape index (κ2) is 3.87. The highest BCUT2D eigenvalue weighted by Gasteiger charge is 2.08. The largest absolute Gasteiger partial charge is 0.328 e. The average Bonchev–Trinajstić information content (AvgIpc) is 2.61. The Bertz CT molecular complexity index is 488. The third-order valence-corrected chi connectivity index (χ3v) is 2.41. The maximum absolute atomic E-state index is 10.6. The first-order valence-electron chi connectivity index (χ1n) is 4.48. The number of nitrogens with zero attached hydrogens (tertiary/aromatic N) is 1. The summed E-state index contributed by atoms with van der Waals surface area (Å²) in [5.41, 5.74) is 2.33. The molecule has 0 radical (unpaired) electrons. The van der Waals surface area contributed by atoms with E-state index >= 15 is 0 Å². The predicted molar refractivity (Wildman–Crippen MR) is 59.2 cm³/mol. The molecule has 3 nitrogen and oxygen atoms in total. The normalized spacial score (nSPS) is 10.3. The molecule has 1 aromatic heterocycles. The van der Waals surface area contributed by atoms with Crippen LogP contribution in [0, 0.1) is 6.92 Å². The molecule has 0 unspecified atom stereocenters. The molecule has 76 valence electrons. The molecule has 0 aliphatic heterocycles. The molecule has 15 heavy (non-hydrogen) atoms. The van der Waals surface area contributed by atoms with Crippen molar-refractivity contribution in [1.29, 1.82) is 0 Å². The van der Waals surface area contributed by atoms with Crippen molar-refractivity contribution >= 4 is 17.9 Å². The molecule has 0 aliphatic carbocycles. The zero-order valence-corrected chi connectivity index (χ0v) is 8.88. The Labute approximate surface area is 92.1 Å². The van der Waals surface area contributed by atoms with Gasteiger partial charge < -0.3 is 4.98 Å². The molecule has 0 bridgehead atoms. The lowest BCUT2D eigenvalue weighted by Crippen LogP contribution is -1.82. The Hall–Kier alpha value is -1.61. The summed E-state index contributed by atoms with van der Waals surface area (Å²) < 4.78 is 0. The van der Waals surface area contributed by atoms with Gasteiger partial charge in [-0.25, -0.2) is 4.98 Å². The van der Waals surface area contributed by atoms with Crippen molar-refractivity contribution in [2.24, 2.45) is 0 Å². The van der Waals surface area contributed by atoms with Gasteiger partial charge in [0.05, 0.1) is 0 Å². The summed E-state index contributed by atoms with van der Waals surface area (Å²) in [7, 11) is 0. The maximum atomic E-state index is 10.6. The van der Waals surface area contributed by atoms with Gasteiger partial charge >= 0.3 is 0 Å². The molecule has 1 aromatic carbocycles. The van der Waals surface area contributed by atoms with Crippen LogP contribution in [0.15, 0.2) is 24.3 Å². The number of aromatic amines is 1. The summed E-state index contributed by atoms with van der Waals surface area (Å²) in [6, 6.07) is 7.82. The number of aryl methyl sites for hydroxylation is 1. The number of carbonyl (C=O) groups is 1. The Kier molecular flexibility index (Phi) is 2.56. The van der Waals surface area contributed by atoms with Gasteiger partial charge in [0.2, 0.25) is 0 Å². The molecule has 0 atom stereocenters. The molecule has 1 heterocycles. The third-order valence-electron chi connectivity index (χ3n) is 2.12. The van der Waals surface area contributed by atoms with E-state index in [9.17, 15) is 4.79 Å². The quantitative estimate of drug-likeness (QED) is 0.791. The smallest absolute Gasteiger partial charge is 0.171 e. The van der Waals surface area contributed by atoms with Crippen LogP contribution in [0.25, 0.3) is 11.4 Å². The Morgan fingerprint density at radius 2 is 2.00 bits per heavy atom. The number of nitrogens with one attached hydrogen (secondary N) is 1. The van der Waals surface area contributed by atoms with Crippen LogP contribution in [0.2, 0.25) is 5.15 Å². The summed E-state index contributed by atoms with van der Waals surface area (Å²) in [4.78, 5) is 17.5. The fourth-order valence-electron chi connectivity index (χ4n) is 1.29. The molecule has 1 N–H and O–H groups in total. The van der Waals surface area contributed by atoms with Crippen molar-refractivity contribution < 1.29 is 4.79 Å². The van der Waals surface area contributed by atoms with Crippen LogP contribution in [-0.4, -0.2) is 16.3 Å². The van der Waals surface area contributed by atoms with E-state index in [4.69, 9.17) is 11.6 Å². The standard InChI is InChI=1S/C11H9ClN2O/c1-7-2-4-8(5-3-7)11-13-9(6-15)10(12)14-11/h2-6H,1H3,(H,13,14). The van der Waals surface area contributed by atoms with Crippen LogP contribution in [0.5, 0.6) is 0 Å². The van der Waals surface area contributed by atoms with Crippen LogP contribution >= 0.6 is 11.6 Å². The first-order chi connectivity index (χ1) is 7.20. The number of aldehydes is 1. The van der Waals surface area contributed by atoms with Crippen LogP contribution in [0.4, 0.5) is 0 Å². The van der Waals surface area contributed by atoms with E-state index in [-0.39, 0.29) is 10.8 Å². The molecular formula is C11H9ClN2O. The number of halogens is 1. The van der Waals surface area contributed by atoms with Crippen LogP contribution in [-0.2, 0) is 0 Å². The minimum atomic E-state index is 0.243. The van der Waals surface area contributed by atoms with Crippen molar-refractivity contribution in [3.8, 4) is 11.4 Å². The molecule has 4 heteroatoms. The lowest BCUT2D eigenvalue weighted by atomic mass is 10.1. The van der Waals surface area contributed by atoms with Gasteiger partial charge in [-0.1, -0.05) is 41.4 Å². The van der Waals surface area contributed by atoms with Gasteiger partial charge in [-0.05, 0) is 6.92 Å². The summed E-state index contributed by atoms with van der Waals surface area (Å²) in [6.45, 7) is 2.01. The van der Waals surface area contributed by atoms with Crippen molar-refractivity contribution in [3.05, 3.63) is 40.7 Å². The average molecular weight is 221 g/mol. The number of aromatic nitrogens is 2. The number of carbonyl (C=O) groups excluding carboxylic acids is 1. The molecule has 2 rings (SSSR count). The maximum Gasteiger partial charge on any atom is 0.171 e. The molecular weight excluding hydrogens is 212 g/mol. The van der Waals surface area contributed by atoms with Crippen molar-refractivity contribution in [2.75, 3.05) is 0 Å². The fourth-order valence-corrected chi connectivity index (χ4v) is 1.47. The molecule has 0 fully saturated rings. The molecule has 0 saturated carbocycles. The highest BCUT2D eigenvalue weighted by Crippen LogP contribution is 2.20. The van der Waals surface area contributed by atoms with E-state index in [2.05, 4.69) is 9.97 Å². The molecule has 2 aromatic rings. The van der Waals surface area contributed by atoms with E-state index in [0.717, 1.165) is 5.56 Å². The van der Waals surface area contributed by atoms with Gasteiger partial charge in [-0.15, -0.1) is 0 Å². The molecule has 0 amide bonds. The number of rotatable bonds is 2. The highest BCUT2D eigenvalue weighted by atomic mass is 35.5. The molecule has 0 spiro atoms. The van der Waals surface area contributed by atoms with Crippen molar-refractivity contribution in [1.82, 2.24) is 9.97 Å². The van der Waals surface area contributed by atoms with Gasteiger partial charge in [0.25, 0.3) is 0 Å². The number of benzene rings is 1. The second-order valence-electron chi connectivity index (χ2n) is 3.27. The minimum Gasteiger partial charge on any atom is -0.328 e. The van der Waals surface area contributed by atoms with Crippen LogP contribution in [0.3, 0.4) is 0 Å². The first kappa shape index (κ1) is 9.93. The number of imidazole rings is 1. The summed E-state index contributed by atoms with van der Waals surface area (Å²) in [6.07, 6.45) is 0.635. The van der Waals surface area contributed by atoms with Gasteiger partial charge in [-0.3, -0.25) is 4.79 Å². The molecule has 0 saturated heterocycles. The number of H-pyrrole nitrogens is 1. The SMILES string of the molecule is Cc1ccc(-c2nc(C=O)c(Cl)[nH]2)cc1. The lowest BCUT2D eigenvalue weighted by molar-refractivity contribution is 0.111. The summed E-state index contributed by atoms with van der Waals surface area (Å²) in [5.74, 6) is 0.613. The van der Waals surface area contributed by atoms with Gasteiger partial charge in [0.15, 0.2) is 6.29 Å². The third kappa shape index (κ3) is 1.92. The minimum absolute atomic E-state index is 0.243. The number of hydrogen-bond acceptors (Lipinski definition) is 2.